The number of sulfonamides is 1. The maximum Gasteiger partial charge on any atom is 0.269 e. The summed E-state index contributed by atoms with van der Waals surface area (Å²) >= 11 is 0. The molecule has 3 aromatic carbocycles. The molecule has 8 nitrogen and oxygen atoms in total. The van der Waals surface area contributed by atoms with Gasteiger partial charge in [-0.1, -0.05) is 56.3 Å². The summed E-state index contributed by atoms with van der Waals surface area (Å²) in [5.74, 6) is -1.02. The second-order valence-electron chi connectivity index (χ2n) is 7.74. The Balaban J connectivity index is 1.80. The van der Waals surface area contributed by atoms with Gasteiger partial charge >= 0.3 is 0 Å². The predicted molar refractivity (Wildman–Crippen MR) is 133 cm³/mol. The van der Waals surface area contributed by atoms with E-state index in [0.29, 0.717) is 5.56 Å². The zero-order chi connectivity index (χ0) is 25.4. The van der Waals surface area contributed by atoms with E-state index in [0.717, 1.165) is 17.5 Å². The number of rotatable bonds is 9. The summed E-state index contributed by atoms with van der Waals surface area (Å²) in [4.78, 5) is 24.9. The Morgan fingerprint density at radius 1 is 0.829 bits per heavy atom. The van der Waals surface area contributed by atoms with Gasteiger partial charge in [0.2, 0.25) is 10.0 Å². The largest absolute Gasteiger partial charge is 0.495 e. The number of benzene rings is 3. The number of methoxy groups -OCH3 is 1. The third-order valence-corrected chi connectivity index (χ3v) is 7.45. The fraction of sp³-hybridized carbons (Fsp3) is 0.231. The Kier molecular flexibility index (Phi) is 8.62. The molecule has 9 heteroatoms. The van der Waals surface area contributed by atoms with Crippen molar-refractivity contribution in [1.82, 2.24) is 15.2 Å². The highest BCUT2D eigenvalue weighted by molar-refractivity contribution is 7.89. The van der Waals surface area contributed by atoms with Gasteiger partial charge in [0.15, 0.2) is 0 Å². The third-order valence-electron chi connectivity index (χ3n) is 5.51. The van der Waals surface area contributed by atoms with E-state index in [1.54, 1.807) is 19.1 Å². The van der Waals surface area contributed by atoms with Crippen LogP contribution >= 0.6 is 0 Å². The van der Waals surface area contributed by atoms with Crippen molar-refractivity contribution < 1.29 is 22.7 Å². The van der Waals surface area contributed by atoms with Crippen molar-refractivity contribution in [3.05, 3.63) is 95.1 Å². The van der Waals surface area contributed by atoms with E-state index in [9.17, 15) is 18.0 Å². The number of aryl methyl sites for hydroxylation is 1. The van der Waals surface area contributed by atoms with E-state index in [4.69, 9.17) is 4.74 Å². The van der Waals surface area contributed by atoms with Gasteiger partial charge < -0.3 is 4.74 Å². The normalized spacial score (nSPS) is 11.2. The molecule has 35 heavy (non-hydrogen) atoms. The first-order valence-electron chi connectivity index (χ1n) is 11.2. The van der Waals surface area contributed by atoms with Crippen LogP contribution in [0.25, 0.3) is 0 Å². The summed E-state index contributed by atoms with van der Waals surface area (Å²) < 4.78 is 33.5. The molecule has 2 N–H and O–H groups in total. The summed E-state index contributed by atoms with van der Waals surface area (Å²) in [6, 6.07) is 20.4. The molecule has 0 fully saturated rings. The first kappa shape index (κ1) is 25.9. The van der Waals surface area contributed by atoms with E-state index in [2.05, 4.69) is 10.9 Å². The number of nitrogens with one attached hydrogen (secondary N) is 2. The van der Waals surface area contributed by atoms with Gasteiger partial charge in [0.05, 0.1) is 7.11 Å². The van der Waals surface area contributed by atoms with Gasteiger partial charge in [0.1, 0.15) is 10.6 Å². The van der Waals surface area contributed by atoms with Crippen molar-refractivity contribution in [2.24, 2.45) is 0 Å². The Hall–Kier alpha value is -3.69. The molecule has 0 radical (unpaired) electrons. The molecular formula is C26H29N3O5S. The van der Waals surface area contributed by atoms with E-state index in [1.807, 2.05) is 49.4 Å². The average molecular weight is 496 g/mol. The molecule has 0 unspecified atom stereocenters. The lowest BCUT2D eigenvalue weighted by Gasteiger charge is -2.22. The number of carbonyl (C=O) groups excluding carboxylic acids is 2. The van der Waals surface area contributed by atoms with Crippen LogP contribution in [0.1, 0.15) is 45.7 Å². The Morgan fingerprint density at radius 3 is 2.00 bits per heavy atom. The standard InChI is InChI=1S/C26H29N3O5S/c1-4-19-11-13-21(14-12-19)25(30)27-28-26(31)22-15-16-23(34-3)24(17-22)35(32,33)29(5-2)18-20-9-7-6-8-10-20/h6-17H,4-5,18H2,1-3H3,(H,27,30)(H,28,31). The fourth-order valence-corrected chi connectivity index (χ4v) is 5.08. The van der Waals surface area contributed by atoms with Crippen LogP contribution in [0.4, 0.5) is 0 Å². The molecule has 0 saturated heterocycles. The Labute approximate surface area is 205 Å². The lowest BCUT2D eigenvalue weighted by atomic mass is 10.1. The van der Waals surface area contributed by atoms with E-state index < -0.39 is 21.8 Å². The van der Waals surface area contributed by atoms with E-state index >= 15 is 0 Å². The lowest BCUT2D eigenvalue weighted by Crippen LogP contribution is -2.41. The van der Waals surface area contributed by atoms with Gasteiger partial charge in [-0.3, -0.25) is 20.4 Å². The first-order valence-corrected chi connectivity index (χ1v) is 12.7. The van der Waals surface area contributed by atoms with Crippen molar-refractivity contribution in [2.75, 3.05) is 13.7 Å². The highest BCUT2D eigenvalue weighted by Gasteiger charge is 2.28. The molecule has 0 aliphatic carbocycles. The number of carbonyl (C=O) groups is 2. The molecule has 2 amide bonds. The monoisotopic (exact) mass is 495 g/mol. The molecule has 3 aromatic rings. The van der Waals surface area contributed by atoms with Crippen molar-refractivity contribution >= 4 is 21.8 Å². The van der Waals surface area contributed by atoms with Gasteiger partial charge in [-0.15, -0.1) is 0 Å². The molecule has 184 valence electrons. The van der Waals surface area contributed by atoms with Crippen LogP contribution < -0.4 is 15.6 Å². The van der Waals surface area contributed by atoms with Crippen LogP contribution in [0.2, 0.25) is 0 Å². The molecule has 0 spiro atoms. The van der Waals surface area contributed by atoms with Crippen LogP contribution in [0.3, 0.4) is 0 Å². The smallest absolute Gasteiger partial charge is 0.269 e. The number of ether oxygens (including phenoxy) is 1. The Bertz CT molecular complexity index is 1280. The molecule has 0 atom stereocenters. The second-order valence-corrected chi connectivity index (χ2v) is 9.65. The molecule has 0 bridgehead atoms. The number of amides is 2. The lowest BCUT2D eigenvalue weighted by molar-refractivity contribution is 0.0846. The highest BCUT2D eigenvalue weighted by Crippen LogP contribution is 2.29. The van der Waals surface area contributed by atoms with E-state index in [1.165, 1.54) is 29.6 Å². The molecule has 0 heterocycles. The minimum absolute atomic E-state index is 0.0572. The Morgan fingerprint density at radius 2 is 1.43 bits per heavy atom. The minimum Gasteiger partial charge on any atom is -0.495 e. The first-order chi connectivity index (χ1) is 16.8. The molecule has 3 rings (SSSR count). The van der Waals surface area contributed by atoms with Crippen molar-refractivity contribution in [3.63, 3.8) is 0 Å². The van der Waals surface area contributed by atoms with Crippen LogP contribution in [-0.4, -0.2) is 38.2 Å². The van der Waals surface area contributed by atoms with Crippen LogP contribution in [0.5, 0.6) is 5.75 Å². The van der Waals surface area contributed by atoms with Crippen molar-refractivity contribution in [3.8, 4) is 5.75 Å². The molecular weight excluding hydrogens is 466 g/mol. The van der Waals surface area contributed by atoms with Gasteiger partial charge in [-0.2, -0.15) is 4.31 Å². The highest BCUT2D eigenvalue weighted by atomic mass is 32.2. The van der Waals surface area contributed by atoms with Gasteiger partial charge in [-0.25, -0.2) is 8.42 Å². The number of hydrazine groups is 1. The summed E-state index contributed by atoms with van der Waals surface area (Å²) in [7, 11) is -2.62. The molecule has 0 saturated carbocycles. The summed E-state index contributed by atoms with van der Waals surface area (Å²) in [6.45, 7) is 4.15. The van der Waals surface area contributed by atoms with Crippen LogP contribution in [0, 0.1) is 0 Å². The second kappa shape index (κ2) is 11.6. The van der Waals surface area contributed by atoms with Crippen LogP contribution in [0.15, 0.2) is 77.7 Å². The maximum atomic E-state index is 13.5. The topological polar surface area (TPSA) is 105 Å². The molecule has 0 aromatic heterocycles. The summed E-state index contributed by atoms with van der Waals surface area (Å²) in [6.07, 6.45) is 0.849. The van der Waals surface area contributed by atoms with Gasteiger partial charge in [0.25, 0.3) is 11.8 Å². The van der Waals surface area contributed by atoms with E-state index in [-0.39, 0.29) is 29.3 Å². The zero-order valence-corrected chi connectivity index (χ0v) is 20.8. The third kappa shape index (κ3) is 6.26. The number of nitrogens with zero attached hydrogens (tertiary/aromatic N) is 1. The fourth-order valence-electron chi connectivity index (χ4n) is 3.46. The number of hydrogen-bond acceptors (Lipinski definition) is 5. The quantitative estimate of drug-likeness (QED) is 0.442. The van der Waals surface area contributed by atoms with Crippen LogP contribution in [-0.2, 0) is 23.0 Å². The predicted octanol–water partition coefficient (Wildman–Crippen LogP) is 3.54. The molecule has 0 aliphatic rings. The maximum absolute atomic E-state index is 13.5. The summed E-state index contributed by atoms with van der Waals surface area (Å²) in [5, 5.41) is 0. The van der Waals surface area contributed by atoms with Gasteiger partial charge in [0, 0.05) is 24.2 Å². The molecule has 0 aliphatic heterocycles. The zero-order valence-electron chi connectivity index (χ0n) is 19.9. The minimum atomic E-state index is -3.99. The van der Waals surface area contributed by atoms with Gasteiger partial charge in [-0.05, 0) is 47.9 Å². The van der Waals surface area contributed by atoms with Crippen molar-refractivity contribution in [1.29, 1.82) is 0 Å². The van der Waals surface area contributed by atoms with Crippen molar-refractivity contribution in [2.45, 2.75) is 31.7 Å². The SMILES string of the molecule is CCc1ccc(C(=O)NNC(=O)c2ccc(OC)c(S(=O)(=O)N(CC)Cc3ccccc3)c2)cc1. The average Bonchev–Trinajstić information content (AvgIpc) is 2.90. The summed E-state index contributed by atoms with van der Waals surface area (Å²) in [5.41, 5.74) is 7.06. The number of hydrogen-bond donors (Lipinski definition) is 2.